The standard InChI is InChI=1S/C15H16N4O3/c20-14(18-8-1-2-12(10-18)15(21)22)11-3-5-13(6-4-11)19-9-7-16-17-19/h3-7,9,12H,1-2,8,10H2,(H,21,22)/t12-/m0/s1. The number of hydrogen-bond donors (Lipinski definition) is 1. The first-order chi connectivity index (χ1) is 10.6. The Balaban J connectivity index is 1.73. The Bertz CT molecular complexity index is 667. The number of nitrogens with zero attached hydrogens (tertiary/aromatic N) is 4. The maximum Gasteiger partial charge on any atom is 0.308 e. The molecular formula is C15H16N4O3. The second-order valence-corrected chi connectivity index (χ2v) is 5.32. The van der Waals surface area contributed by atoms with Gasteiger partial charge in [-0.2, -0.15) is 0 Å². The van der Waals surface area contributed by atoms with Gasteiger partial charge >= 0.3 is 5.97 Å². The summed E-state index contributed by atoms with van der Waals surface area (Å²) in [6.07, 6.45) is 4.65. The van der Waals surface area contributed by atoms with Gasteiger partial charge in [-0.1, -0.05) is 5.21 Å². The van der Waals surface area contributed by atoms with E-state index < -0.39 is 11.9 Å². The Morgan fingerprint density at radius 2 is 2.00 bits per heavy atom. The topological polar surface area (TPSA) is 88.3 Å². The minimum Gasteiger partial charge on any atom is -0.481 e. The van der Waals surface area contributed by atoms with Crippen molar-refractivity contribution in [1.29, 1.82) is 0 Å². The summed E-state index contributed by atoms with van der Waals surface area (Å²) >= 11 is 0. The Kier molecular flexibility index (Phi) is 3.86. The molecule has 1 aromatic heterocycles. The molecule has 114 valence electrons. The lowest BCUT2D eigenvalue weighted by molar-refractivity contribution is -0.143. The lowest BCUT2D eigenvalue weighted by Gasteiger charge is -2.30. The number of likely N-dealkylation sites (tertiary alicyclic amines) is 1. The van der Waals surface area contributed by atoms with Crippen molar-refractivity contribution >= 4 is 11.9 Å². The molecule has 2 heterocycles. The van der Waals surface area contributed by atoms with Crippen molar-refractivity contribution in [2.75, 3.05) is 13.1 Å². The number of amides is 1. The highest BCUT2D eigenvalue weighted by molar-refractivity contribution is 5.94. The number of rotatable bonds is 3. The summed E-state index contributed by atoms with van der Waals surface area (Å²) in [6, 6.07) is 7.04. The number of piperidine rings is 1. The predicted octanol–water partition coefficient (Wildman–Crippen LogP) is 1.20. The molecule has 1 N–H and O–H groups in total. The lowest BCUT2D eigenvalue weighted by Crippen LogP contribution is -2.42. The number of carbonyl (C=O) groups excluding carboxylic acids is 1. The zero-order valence-electron chi connectivity index (χ0n) is 11.9. The average Bonchev–Trinajstić information content (AvgIpc) is 3.09. The first kappa shape index (κ1) is 14.2. The third-order valence-corrected chi connectivity index (χ3v) is 3.86. The molecule has 0 saturated carbocycles. The van der Waals surface area contributed by atoms with E-state index in [9.17, 15) is 9.59 Å². The smallest absolute Gasteiger partial charge is 0.308 e. The molecule has 0 unspecified atom stereocenters. The summed E-state index contributed by atoms with van der Waals surface area (Å²) in [5, 5.41) is 16.7. The van der Waals surface area contributed by atoms with E-state index in [1.165, 1.54) is 0 Å². The SMILES string of the molecule is O=C(O)[C@H]1CCCN(C(=O)c2ccc(-n3ccnn3)cc2)C1. The summed E-state index contributed by atoms with van der Waals surface area (Å²) in [4.78, 5) is 25.2. The second kappa shape index (κ2) is 5.97. The molecular weight excluding hydrogens is 284 g/mol. The number of carboxylic acids is 1. The van der Waals surface area contributed by atoms with Gasteiger partial charge in [-0.05, 0) is 37.1 Å². The first-order valence-corrected chi connectivity index (χ1v) is 7.14. The molecule has 1 aliphatic heterocycles. The van der Waals surface area contributed by atoms with Crippen molar-refractivity contribution in [3.63, 3.8) is 0 Å². The van der Waals surface area contributed by atoms with Gasteiger partial charge in [0.15, 0.2) is 0 Å². The van der Waals surface area contributed by atoms with Crippen LogP contribution >= 0.6 is 0 Å². The number of hydrogen-bond acceptors (Lipinski definition) is 4. The van der Waals surface area contributed by atoms with Crippen LogP contribution in [0.3, 0.4) is 0 Å². The van der Waals surface area contributed by atoms with Crippen LogP contribution in [0, 0.1) is 5.92 Å². The molecule has 2 aromatic rings. The molecule has 22 heavy (non-hydrogen) atoms. The van der Waals surface area contributed by atoms with E-state index in [0.717, 1.165) is 12.1 Å². The van der Waals surface area contributed by atoms with Crippen LogP contribution in [-0.2, 0) is 4.79 Å². The quantitative estimate of drug-likeness (QED) is 0.920. The lowest BCUT2D eigenvalue weighted by atomic mass is 9.97. The van der Waals surface area contributed by atoms with E-state index >= 15 is 0 Å². The van der Waals surface area contributed by atoms with Gasteiger partial charge in [-0.3, -0.25) is 9.59 Å². The van der Waals surface area contributed by atoms with Crippen molar-refractivity contribution in [2.45, 2.75) is 12.8 Å². The van der Waals surface area contributed by atoms with Gasteiger partial charge < -0.3 is 10.0 Å². The fraction of sp³-hybridized carbons (Fsp3) is 0.333. The Morgan fingerprint density at radius 3 is 2.64 bits per heavy atom. The molecule has 1 amide bonds. The van der Waals surface area contributed by atoms with Gasteiger partial charge in [0, 0.05) is 18.7 Å². The molecule has 3 rings (SSSR count). The van der Waals surface area contributed by atoms with Crippen molar-refractivity contribution in [3.8, 4) is 5.69 Å². The number of benzene rings is 1. The maximum atomic E-state index is 12.5. The van der Waals surface area contributed by atoms with Crippen LogP contribution < -0.4 is 0 Å². The van der Waals surface area contributed by atoms with E-state index in [1.54, 1.807) is 46.2 Å². The molecule has 7 nitrogen and oxygen atoms in total. The largest absolute Gasteiger partial charge is 0.481 e. The van der Waals surface area contributed by atoms with E-state index in [-0.39, 0.29) is 12.5 Å². The zero-order valence-corrected chi connectivity index (χ0v) is 11.9. The van der Waals surface area contributed by atoms with Crippen molar-refractivity contribution in [3.05, 3.63) is 42.2 Å². The Morgan fingerprint density at radius 1 is 1.23 bits per heavy atom. The third kappa shape index (κ3) is 2.83. The van der Waals surface area contributed by atoms with Crippen LogP contribution in [0.2, 0.25) is 0 Å². The van der Waals surface area contributed by atoms with E-state index in [1.807, 2.05) is 0 Å². The van der Waals surface area contributed by atoms with Gasteiger partial charge in [0.05, 0.1) is 24.0 Å². The number of carbonyl (C=O) groups is 2. The summed E-state index contributed by atoms with van der Waals surface area (Å²) in [5.74, 6) is -1.43. The Labute approximate surface area is 127 Å². The van der Waals surface area contributed by atoms with Gasteiger partial charge in [-0.25, -0.2) is 4.68 Å². The third-order valence-electron chi connectivity index (χ3n) is 3.86. The van der Waals surface area contributed by atoms with Gasteiger partial charge in [0.2, 0.25) is 0 Å². The number of carboxylic acid groups (broad SMARTS) is 1. The van der Waals surface area contributed by atoms with E-state index in [0.29, 0.717) is 18.5 Å². The molecule has 0 spiro atoms. The molecule has 1 atom stereocenters. The van der Waals surface area contributed by atoms with Crippen molar-refractivity contribution in [2.24, 2.45) is 5.92 Å². The summed E-state index contributed by atoms with van der Waals surface area (Å²) in [5.41, 5.74) is 1.37. The highest BCUT2D eigenvalue weighted by Crippen LogP contribution is 2.19. The average molecular weight is 300 g/mol. The predicted molar refractivity (Wildman–Crippen MR) is 77.6 cm³/mol. The van der Waals surface area contributed by atoms with Crippen molar-refractivity contribution < 1.29 is 14.7 Å². The molecule has 1 fully saturated rings. The zero-order chi connectivity index (χ0) is 15.5. The first-order valence-electron chi connectivity index (χ1n) is 7.14. The molecule has 0 aliphatic carbocycles. The van der Waals surface area contributed by atoms with Crippen molar-refractivity contribution in [1.82, 2.24) is 19.9 Å². The van der Waals surface area contributed by atoms with E-state index in [2.05, 4.69) is 10.3 Å². The minimum atomic E-state index is -0.834. The van der Waals surface area contributed by atoms with Gasteiger partial charge in [0.25, 0.3) is 5.91 Å². The fourth-order valence-electron chi connectivity index (χ4n) is 2.65. The van der Waals surface area contributed by atoms with Crippen LogP contribution in [0.5, 0.6) is 0 Å². The summed E-state index contributed by atoms with van der Waals surface area (Å²) in [7, 11) is 0. The molecule has 7 heteroatoms. The highest BCUT2D eigenvalue weighted by Gasteiger charge is 2.28. The maximum absolute atomic E-state index is 12.5. The van der Waals surface area contributed by atoms with E-state index in [4.69, 9.17) is 5.11 Å². The molecule has 1 saturated heterocycles. The molecule has 1 aromatic carbocycles. The van der Waals surface area contributed by atoms with Crippen LogP contribution in [0.4, 0.5) is 0 Å². The second-order valence-electron chi connectivity index (χ2n) is 5.32. The number of aromatic nitrogens is 3. The Hall–Kier alpha value is -2.70. The monoisotopic (exact) mass is 300 g/mol. The van der Waals surface area contributed by atoms with Crippen LogP contribution in [0.1, 0.15) is 23.2 Å². The molecule has 0 bridgehead atoms. The van der Waals surface area contributed by atoms with Crippen LogP contribution in [0.25, 0.3) is 5.69 Å². The van der Waals surface area contributed by atoms with Gasteiger partial charge in [-0.15, -0.1) is 5.10 Å². The fourth-order valence-corrected chi connectivity index (χ4v) is 2.65. The highest BCUT2D eigenvalue weighted by atomic mass is 16.4. The summed E-state index contributed by atoms with van der Waals surface area (Å²) < 4.78 is 1.61. The molecule has 1 aliphatic rings. The minimum absolute atomic E-state index is 0.129. The molecule has 0 radical (unpaired) electrons. The summed E-state index contributed by atoms with van der Waals surface area (Å²) in [6.45, 7) is 0.881. The van der Waals surface area contributed by atoms with Crippen LogP contribution in [-0.4, -0.2) is 50.0 Å². The van der Waals surface area contributed by atoms with Crippen LogP contribution in [0.15, 0.2) is 36.7 Å². The van der Waals surface area contributed by atoms with Gasteiger partial charge in [0.1, 0.15) is 0 Å². The normalized spacial score (nSPS) is 18.2. The number of aliphatic carboxylic acids is 1.